The van der Waals surface area contributed by atoms with Crippen LogP contribution >= 0.6 is 35.3 Å². The zero-order chi connectivity index (χ0) is 13.5. The molecule has 1 N–H and O–H groups in total. The van der Waals surface area contributed by atoms with Crippen LogP contribution in [0.15, 0.2) is 22.5 Å². The lowest BCUT2D eigenvalue weighted by Gasteiger charge is -2.23. The lowest BCUT2D eigenvalue weighted by atomic mass is 10.1. The number of hydrogen-bond donors (Lipinski definition) is 1. The molecule has 2 heterocycles. The molecular weight excluding hydrogens is 385 g/mol. The van der Waals surface area contributed by atoms with Gasteiger partial charge in [0.25, 0.3) is 0 Å². The smallest absolute Gasteiger partial charge is 0.193 e. The van der Waals surface area contributed by atoms with Crippen molar-refractivity contribution in [2.24, 2.45) is 10.9 Å². The van der Waals surface area contributed by atoms with E-state index in [0.29, 0.717) is 5.92 Å². The van der Waals surface area contributed by atoms with E-state index < -0.39 is 0 Å². The molecule has 20 heavy (non-hydrogen) atoms. The number of likely N-dealkylation sites (N-methyl/N-ethyl adjacent to an activating group) is 1. The van der Waals surface area contributed by atoms with Crippen molar-refractivity contribution in [3.8, 4) is 0 Å². The summed E-state index contributed by atoms with van der Waals surface area (Å²) in [7, 11) is 3.93. The fourth-order valence-corrected chi connectivity index (χ4v) is 2.90. The molecule has 0 amide bonds. The highest BCUT2D eigenvalue weighted by molar-refractivity contribution is 14.0. The highest BCUT2D eigenvalue weighted by Crippen LogP contribution is 2.11. The number of nitrogens with zero attached hydrogens (tertiary/aromatic N) is 2. The molecule has 0 saturated carbocycles. The lowest BCUT2D eigenvalue weighted by molar-refractivity contribution is 0.186. The Bertz CT molecular complexity index is 391. The summed E-state index contributed by atoms with van der Waals surface area (Å²) >= 11 is 1.81. The summed E-state index contributed by atoms with van der Waals surface area (Å²) in [5.41, 5.74) is 0. The maximum atomic E-state index is 5.39. The van der Waals surface area contributed by atoms with Crippen molar-refractivity contribution in [3.05, 3.63) is 22.4 Å². The Kier molecular flexibility index (Phi) is 8.47. The topological polar surface area (TPSA) is 36.9 Å². The molecule has 6 heteroatoms. The van der Waals surface area contributed by atoms with Crippen molar-refractivity contribution in [1.82, 2.24) is 10.2 Å². The number of hydrogen-bond acceptors (Lipinski definition) is 3. The van der Waals surface area contributed by atoms with Crippen LogP contribution in [-0.2, 0) is 11.2 Å². The fourth-order valence-electron chi connectivity index (χ4n) is 2.20. The minimum atomic E-state index is 0. The van der Waals surface area contributed by atoms with E-state index in [9.17, 15) is 0 Å². The van der Waals surface area contributed by atoms with E-state index >= 15 is 0 Å². The SMILES string of the molecule is CN=C(NCC1CCOC1)N(C)CCc1cccs1.I. The molecule has 0 aromatic carbocycles. The third kappa shape index (κ3) is 5.57. The van der Waals surface area contributed by atoms with Crippen LogP contribution < -0.4 is 5.32 Å². The third-order valence-corrected chi connectivity index (χ3v) is 4.36. The molecule has 1 fully saturated rings. The summed E-state index contributed by atoms with van der Waals surface area (Å²) in [6, 6.07) is 4.29. The van der Waals surface area contributed by atoms with Gasteiger partial charge in [-0.1, -0.05) is 6.07 Å². The standard InChI is InChI=1S/C14H23N3OS.HI/c1-15-14(16-10-12-6-8-18-11-12)17(2)7-5-13-4-3-9-19-13;/h3-4,9,12H,5-8,10-11H2,1-2H3,(H,15,16);1H. The van der Waals surface area contributed by atoms with Gasteiger partial charge in [0.05, 0.1) is 6.61 Å². The third-order valence-electron chi connectivity index (χ3n) is 3.42. The second-order valence-corrected chi connectivity index (χ2v) is 5.94. The summed E-state index contributed by atoms with van der Waals surface area (Å²) in [6.07, 6.45) is 2.23. The molecule has 2 rings (SSSR count). The molecule has 114 valence electrons. The number of aliphatic imine (C=N–C) groups is 1. The molecule has 0 aliphatic carbocycles. The molecule has 1 aromatic heterocycles. The summed E-state index contributed by atoms with van der Waals surface area (Å²) in [5.74, 6) is 1.60. The van der Waals surface area contributed by atoms with Gasteiger partial charge in [-0.2, -0.15) is 0 Å². The highest BCUT2D eigenvalue weighted by atomic mass is 127. The molecule has 1 aromatic rings. The quantitative estimate of drug-likeness (QED) is 0.461. The highest BCUT2D eigenvalue weighted by Gasteiger charge is 2.16. The number of ether oxygens (including phenoxy) is 1. The van der Waals surface area contributed by atoms with Crippen LogP contribution in [0.5, 0.6) is 0 Å². The Hall–Kier alpha value is -0.340. The van der Waals surface area contributed by atoms with Crippen molar-refractivity contribution in [2.45, 2.75) is 12.8 Å². The van der Waals surface area contributed by atoms with Crippen LogP contribution in [0.3, 0.4) is 0 Å². The van der Waals surface area contributed by atoms with Gasteiger partial charge in [0.15, 0.2) is 5.96 Å². The number of thiophene rings is 1. The Labute approximate surface area is 142 Å². The zero-order valence-electron chi connectivity index (χ0n) is 12.2. The number of guanidine groups is 1. The number of halogens is 1. The summed E-state index contributed by atoms with van der Waals surface area (Å²) in [4.78, 5) is 7.96. The summed E-state index contributed by atoms with van der Waals surface area (Å²) in [5, 5.41) is 5.57. The second-order valence-electron chi connectivity index (χ2n) is 4.91. The number of rotatable bonds is 5. The van der Waals surface area contributed by atoms with Crippen molar-refractivity contribution in [2.75, 3.05) is 40.4 Å². The van der Waals surface area contributed by atoms with E-state index in [2.05, 4.69) is 39.8 Å². The first-order valence-electron chi connectivity index (χ1n) is 6.81. The van der Waals surface area contributed by atoms with E-state index in [4.69, 9.17) is 4.74 Å². The lowest BCUT2D eigenvalue weighted by Crippen LogP contribution is -2.42. The van der Waals surface area contributed by atoms with Crippen molar-refractivity contribution < 1.29 is 4.74 Å². The van der Waals surface area contributed by atoms with Crippen LogP contribution in [0.2, 0.25) is 0 Å². The maximum absolute atomic E-state index is 5.39. The Morgan fingerprint density at radius 3 is 3.05 bits per heavy atom. The first-order valence-corrected chi connectivity index (χ1v) is 7.69. The average Bonchev–Trinajstić information content (AvgIpc) is 3.10. The van der Waals surface area contributed by atoms with E-state index in [1.54, 1.807) is 0 Å². The van der Waals surface area contributed by atoms with Gasteiger partial charge in [-0.15, -0.1) is 35.3 Å². The van der Waals surface area contributed by atoms with Crippen molar-refractivity contribution in [3.63, 3.8) is 0 Å². The van der Waals surface area contributed by atoms with E-state index in [1.807, 2.05) is 18.4 Å². The van der Waals surface area contributed by atoms with Crippen molar-refractivity contribution >= 4 is 41.3 Å². The predicted molar refractivity (Wildman–Crippen MR) is 96.4 cm³/mol. The Morgan fingerprint density at radius 1 is 1.60 bits per heavy atom. The minimum Gasteiger partial charge on any atom is -0.381 e. The van der Waals surface area contributed by atoms with Gasteiger partial charge in [0.1, 0.15) is 0 Å². The molecule has 0 bridgehead atoms. The van der Waals surface area contributed by atoms with E-state index in [1.165, 1.54) is 4.88 Å². The molecule has 1 unspecified atom stereocenters. The predicted octanol–water partition coefficient (Wildman–Crippen LogP) is 2.45. The molecule has 1 aliphatic heterocycles. The second kappa shape index (κ2) is 9.57. The van der Waals surface area contributed by atoms with Crippen LogP contribution in [-0.4, -0.2) is 51.3 Å². The minimum absolute atomic E-state index is 0. The number of nitrogens with one attached hydrogen (secondary N) is 1. The van der Waals surface area contributed by atoms with Gasteiger partial charge in [-0.3, -0.25) is 4.99 Å². The molecule has 1 atom stereocenters. The average molecular weight is 409 g/mol. The molecule has 1 saturated heterocycles. The van der Waals surface area contributed by atoms with Crippen LogP contribution in [0.25, 0.3) is 0 Å². The zero-order valence-corrected chi connectivity index (χ0v) is 15.3. The van der Waals surface area contributed by atoms with Gasteiger partial charge >= 0.3 is 0 Å². The van der Waals surface area contributed by atoms with Crippen LogP contribution in [0, 0.1) is 5.92 Å². The molecular formula is C14H24IN3OS. The summed E-state index contributed by atoms with van der Waals surface area (Å²) < 4.78 is 5.39. The fraction of sp³-hybridized carbons (Fsp3) is 0.643. The first-order chi connectivity index (χ1) is 9.29. The summed E-state index contributed by atoms with van der Waals surface area (Å²) in [6.45, 7) is 3.72. The first kappa shape index (κ1) is 17.7. The van der Waals surface area contributed by atoms with Gasteiger partial charge in [-0.25, -0.2) is 0 Å². The molecule has 0 spiro atoms. The van der Waals surface area contributed by atoms with Gasteiger partial charge < -0.3 is 15.0 Å². The van der Waals surface area contributed by atoms with Crippen LogP contribution in [0.1, 0.15) is 11.3 Å². The molecule has 4 nitrogen and oxygen atoms in total. The normalized spacial score (nSPS) is 18.7. The van der Waals surface area contributed by atoms with Gasteiger partial charge in [-0.05, 0) is 24.3 Å². The largest absolute Gasteiger partial charge is 0.381 e. The van der Waals surface area contributed by atoms with E-state index in [0.717, 1.165) is 45.1 Å². The van der Waals surface area contributed by atoms with Gasteiger partial charge in [0.2, 0.25) is 0 Å². The monoisotopic (exact) mass is 409 g/mol. The Morgan fingerprint density at radius 2 is 2.45 bits per heavy atom. The Balaban J connectivity index is 0.00000200. The van der Waals surface area contributed by atoms with Gasteiger partial charge in [0, 0.05) is 44.6 Å². The van der Waals surface area contributed by atoms with Crippen LogP contribution in [0.4, 0.5) is 0 Å². The maximum Gasteiger partial charge on any atom is 0.193 e. The van der Waals surface area contributed by atoms with Crippen molar-refractivity contribution in [1.29, 1.82) is 0 Å². The van der Waals surface area contributed by atoms with E-state index in [-0.39, 0.29) is 24.0 Å². The molecule has 1 aliphatic rings. The molecule has 0 radical (unpaired) electrons.